The number of carbonyl (C=O) groups is 2. The first-order chi connectivity index (χ1) is 10.6. The Kier molecular flexibility index (Phi) is 8.72. The van der Waals surface area contributed by atoms with Gasteiger partial charge in [0.15, 0.2) is 0 Å². The molecule has 1 amide bonds. The van der Waals surface area contributed by atoms with Crippen LogP contribution < -0.4 is 5.32 Å². The van der Waals surface area contributed by atoms with Crippen LogP contribution in [0.4, 0.5) is 4.79 Å². The van der Waals surface area contributed by atoms with Gasteiger partial charge >= 0.3 is 12.1 Å². The summed E-state index contributed by atoms with van der Waals surface area (Å²) in [5.74, 6) is -0.776. The molecule has 1 atom stereocenters. The van der Waals surface area contributed by atoms with Crippen LogP contribution in [0.25, 0.3) is 0 Å². The van der Waals surface area contributed by atoms with Crippen molar-refractivity contribution < 1.29 is 19.4 Å². The summed E-state index contributed by atoms with van der Waals surface area (Å²) < 4.78 is 5.21. The first-order valence-electron chi connectivity index (χ1n) is 7.80. The zero-order chi connectivity index (χ0) is 16.2. The van der Waals surface area contributed by atoms with Gasteiger partial charge in [-0.05, 0) is 24.8 Å². The van der Waals surface area contributed by atoms with Crippen molar-refractivity contribution in [1.29, 1.82) is 0 Å². The third-order valence-electron chi connectivity index (χ3n) is 3.37. The molecule has 22 heavy (non-hydrogen) atoms. The van der Waals surface area contributed by atoms with E-state index in [1.54, 1.807) is 0 Å². The molecule has 0 heterocycles. The van der Waals surface area contributed by atoms with Crippen LogP contribution in [0.15, 0.2) is 30.3 Å². The Hall–Kier alpha value is -2.04. The number of hydrogen-bond donors (Lipinski definition) is 2. The van der Waals surface area contributed by atoms with E-state index >= 15 is 0 Å². The maximum Gasteiger partial charge on any atom is 0.407 e. The minimum Gasteiger partial charge on any atom is -0.481 e. The van der Waals surface area contributed by atoms with Crippen LogP contribution in [-0.2, 0) is 16.1 Å². The molecule has 1 rings (SSSR count). The van der Waals surface area contributed by atoms with E-state index in [1.807, 2.05) is 30.3 Å². The highest BCUT2D eigenvalue weighted by atomic mass is 16.5. The standard InChI is InChI=1S/C17H25NO4/c1-2-8-15(11-6-7-12-16(19)20)18-17(21)22-13-14-9-4-3-5-10-14/h3-5,9-10,15H,2,6-8,11-13H2,1H3,(H,18,21)(H,19,20). The fourth-order valence-electron chi connectivity index (χ4n) is 2.24. The summed E-state index contributed by atoms with van der Waals surface area (Å²) >= 11 is 0. The summed E-state index contributed by atoms with van der Waals surface area (Å²) in [7, 11) is 0. The topological polar surface area (TPSA) is 75.6 Å². The van der Waals surface area contributed by atoms with Crippen molar-refractivity contribution in [2.45, 2.75) is 58.1 Å². The summed E-state index contributed by atoms with van der Waals surface area (Å²) in [4.78, 5) is 22.3. The van der Waals surface area contributed by atoms with Crippen LogP contribution in [0.2, 0.25) is 0 Å². The molecule has 0 saturated carbocycles. The Morgan fingerprint density at radius 1 is 1.18 bits per heavy atom. The zero-order valence-corrected chi connectivity index (χ0v) is 13.1. The first kappa shape index (κ1) is 18.0. The number of carboxylic acid groups (broad SMARTS) is 1. The second-order valence-electron chi connectivity index (χ2n) is 5.33. The van der Waals surface area contributed by atoms with Crippen molar-refractivity contribution in [1.82, 2.24) is 5.32 Å². The maximum atomic E-state index is 11.8. The van der Waals surface area contributed by atoms with Crippen molar-refractivity contribution in [3.05, 3.63) is 35.9 Å². The fraction of sp³-hybridized carbons (Fsp3) is 0.529. The number of carboxylic acids is 1. The molecule has 0 fully saturated rings. The Balaban J connectivity index is 2.28. The van der Waals surface area contributed by atoms with E-state index in [2.05, 4.69) is 12.2 Å². The molecule has 5 heteroatoms. The SMILES string of the molecule is CCCC(CCCCC(=O)O)NC(=O)OCc1ccccc1. The number of ether oxygens (including phenoxy) is 1. The van der Waals surface area contributed by atoms with Gasteiger partial charge in [0.1, 0.15) is 6.61 Å². The molecule has 0 aliphatic carbocycles. The van der Waals surface area contributed by atoms with Gasteiger partial charge in [-0.15, -0.1) is 0 Å². The maximum absolute atomic E-state index is 11.8. The van der Waals surface area contributed by atoms with Gasteiger partial charge in [-0.3, -0.25) is 4.79 Å². The van der Waals surface area contributed by atoms with Crippen LogP contribution in [0.1, 0.15) is 51.0 Å². The van der Waals surface area contributed by atoms with Gasteiger partial charge in [-0.1, -0.05) is 50.1 Å². The number of aliphatic carboxylic acids is 1. The molecule has 2 N–H and O–H groups in total. The van der Waals surface area contributed by atoms with Crippen LogP contribution in [-0.4, -0.2) is 23.2 Å². The lowest BCUT2D eigenvalue weighted by Crippen LogP contribution is -2.35. The molecule has 0 spiro atoms. The summed E-state index contributed by atoms with van der Waals surface area (Å²) in [6.07, 6.45) is 3.79. The van der Waals surface area contributed by atoms with E-state index in [-0.39, 0.29) is 19.1 Å². The Bertz CT molecular complexity index is 447. The van der Waals surface area contributed by atoms with Gasteiger partial charge in [0.05, 0.1) is 0 Å². The summed E-state index contributed by atoms with van der Waals surface area (Å²) in [6, 6.07) is 9.57. The molecule has 1 aromatic rings. The molecule has 0 saturated heterocycles. The van der Waals surface area contributed by atoms with Gasteiger partial charge in [0, 0.05) is 12.5 Å². The minimum atomic E-state index is -0.776. The minimum absolute atomic E-state index is 0.0436. The zero-order valence-electron chi connectivity index (χ0n) is 13.1. The normalized spacial score (nSPS) is 11.7. The lowest BCUT2D eigenvalue weighted by Gasteiger charge is -2.17. The molecule has 0 aromatic heterocycles. The first-order valence-corrected chi connectivity index (χ1v) is 7.80. The highest BCUT2D eigenvalue weighted by Crippen LogP contribution is 2.09. The predicted octanol–water partition coefficient (Wildman–Crippen LogP) is 3.73. The largest absolute Gasteiger partial charge is 0.481 e. The van der Waals surface area contributed by atoms with Crippen LogP contribution in [0, 0.1) is 0 Å². The lowest BCUT2D eigenvalue weighted by molar-refractivity contribution is -0.137. The second kappa shape index (κ2) is 10.7. The molecule has 1 aromatic carbocycles. The number of unbranched alkanes of at least 4 members (excludes halogenated alkanes) is 1. The third-order valence-corrected chi connectivity index (χ3v) is 3.37. The lowest BCUT2D eigenvalue weighted by atomic mass is 10.0. The Labute approximate surface area is 131 Å². The molecule has 0 aliphatic rings. The molecule has 122 valence electrons. The number of carbonyl (C=O) groups excluding carboxylic acids is 1. The van der Waals surface area contributed by atoms with Crippen molar-refractivity contribution in [3.8, 4) is 0 Å². The fourth-order valence-corrected chi connectivity index (χ4v) is 2.24. The van der Waals surface area contributed by atoms with E-state index < -0.39 is 12.1 Å². The van der Waals surface area contributed by atoms with Crippen molar-refractivity contribution in [2.75, 3.05) is 0 Å². The number of rotatable bonds is 10. The average molecular weight is 307 g/mol. The quantitative estimate of drug-likeness (QED) is 0.646. The van der Waals surface area contributed by atoms with E-state index in [4.69, 9.17) is 9.84 Å². The molecular weight excluding hydrogens is 282 g/mol. The third kappa shape index (κ3) is 8.29. The second-order valence-corrected chi connectivity index (χ2v) is 5.33. The van der Waals surface area contributed by atoms with Crippen LogP contribution in [0.5, 0.6) is 0 Å². The van der Waals surface area contributed by atoms with Gasteiger partial charge in [0.25, 0.3) is 0 Å². The van der Waals surface area contributed by atoms with Crippen molar-refractivity contribution >= 4 is 12.1 Å². The number of nitrogens with one attached hydrogen (secondary N) is 1. The van der Waals surface area contributed by atoms with Crippen LogP contribution in [0.3, 0.4) is 0 Å². The van der Waals surface area contributed by atoms with Gasteiger partial charge in [-0.2, -0.15) is 0 Å². The van der Waals surface area contributed by atoms with Gasteiger partial charge < -0.3 is 15.2 Å². The van der Waals surface area contributed by atoms with E-state index in [1.165, 1.54) is 0 Å². The van der Waals surface area contributed by atoms with Gasteiger partial charge in [0.2, 0.25) is 0 Å². The van der Waals surface area contributed by atoms with Crippen LogP contribution >= 0.6 is 0 Å². The molecule has 5 nitrogen and oxygen atoms in total. The monoisotopic (exact) mass is 307 g/mol. The van der Waals surface area contributed by atoms with Crippen molar-refractivity contribution in [3.63, 3.8) is 0 Å². The highest BCUT2D eigenvalue weighted by Gasteiger charge is 2.12. The Morgan fingerprint density at radius 2 is 1.91 bits per heavy atom. The number of alkyl carbamates (subject to hydrolysis) is 1. The smallest absolute Gasteiger partial charge is 0.407 e. The van der Waals surface area contributed by atoms with E-state index in [0.29, 0.717) is 6.42 Å². The molecule has 0 aliphatic heterocycles. The van der Waals surface area contributed by atoms with E-state index in [9.17, 15) is 9.59 Å². The Morgan fingerprint density at radius 3 is 2.55 bits per heavy atom. The number of benzene rings is 1. The molecule has 0 bridgehead atoms. The number of hydrogen-bond acceptors (Lipinski definition) is 3. The van der Waals surface area contributed by atoms with E-state index in [0.717, 1.165) is 31.2 Å². The van der Waals surface area contributed by atoms with Crippen molar-refractivity contribution in [2.24, 2.45) is 0 Å². The van der Waals surface area contributed by atoms with Gasteiger partial charge in [-0.25, -0.2) is 4.79 Å². The molecular formula is C17H25NO4. The average Bonchev–Trinajstić information content (AvgIpc) is 2.50. The summed E-state index contributed by atoms with van der Waals surface area (Å²) in [5.41, 5.74) is 0.950. The predicted molar refractivity (Wildman–Crippen MR) is 84.6 cm³/mol. The molecule has 0 radical (unpaired) electrons. The summed E-state index contributed by atoms with van der Waals surface area (Å²) in [6.45, 7) is 2.31. The molecule has 1 unspecified atom stereocenters. The number of amides is 1. The highest BCUT2D eigenvalue weighted by molar-refractivity contribution is 5.67. The summed E-state index contributed by atoms with van der Waals surface area (Å²) in [5, 5.41) is 11.5.